The van der Waals surface area contributed by atoms with Gasteiger partial charge in [-0.3, -0.25) is 14.6 Å². The van der Waals surface area contributed by atoms with Gasteiger partial charge in [-0.15, -0.1) is 11.3 Å². The number of nitrogens with one attached hydrogen (secondary N) is 3. The Bertz CT molecular complexity index is 1010. The van der Waals surface area contributed by atoms with Crippen LogP contribution in [0.5, 0.6) is 0 Å². The van der Waals surface area contributed by atoms with E-state index < -0.39 is 12.0 Å². The molecule has 1 unspecified atom stereocenters. The molecule has 0 aliphatic heterocycles. The van der Waals surface area contributed by atoms with Crippen LogP contribution in [0, 0.1) is 12.8 Å². The van der Waals surface area contributed by atoms with E-state index in [-0.39, 0.29) is 30.6 Å². The molecule has 0 bridgehead atoms. The van der Waals surface area contributed by atoms with Gasteiger partial charge in [-0.05, 0) is 50.3 Å². The molecule has 11 heteroatoms. The highest BCUT2D eigenvalue weighted by Crippen LogP contribution is 2.38. The molecule has 2 amide bonds. The molecular formula is C24H31ClF2N4O3S. The third kappa shape index (κ3) is 8.40. The molecule has 0 saturated heterocycles. The number of ether oxygens (including phenoxy) is 1. The zero-order chi connectivity index (χ0) is 25.4. The molecule has 1 aliphatic carbocycles. The summed E-state index contributed by atoms with van der Waals surface area (Å²) < 4.78 is 32.1. The van der Waals surface area contributed by atoms with Crippen molar-refractivity contribution in [3.63, 3.8) is 0 Å². The van der Waals surface area contributed by atoms with E-state index in [1.54, 1.807) is 18.3 Å². The highest BCUT2D eigenvalue weighted by Gasteiger charge is 2.36. The van der Waals surface area contributed by atoms with Crippen molar-refractivity contribution in [1.29, 1.82) is 0 Å². The fraction of sp³-hybridized carbons (Fsp3) is 0.542. The standard InChI is InChI=1S/C24H31ClF2N4O3S/c1-15-19(12-17(25)13-29-15)30-14-18-3-4-21(35-18)23(33)31-20(22(32)28-9-10-34-2)11-16-5-7-24(26,27)8-6-16/h3-4,12-13,16,20,30H,5-11,14H2,1-2H3,(H,28,32)(H,31,33). The minimum absolute atomic E-state index is 0.0502. The van der Waals surface area contributed by atoms with Crippen molar-refractivity contribution in [3.05, 3.63) is 44.9 Å². The maximum absolute atomic E-state index is 13.5. The van der Waals surface area contributed by atoms with Gasteiger partial charge in [0, 0.05) is 44.1 Å². The topological polar surface area (TPSA) is 92.4 Å². The lowest BCUT2D eigenvalue weighted by Crippen LogP contribution is -2.48. The number of carbonyl (C=O) groups excluding carboxylic acids is 2. The van der Waals surface area contributed by atoms with Gasteiger partial charge in [0.25, 0.3) is 5.91 Å². The van der Waals surface area contributed by atoms with Crippen LogP contribution in [0.4, 0.5) is 14.5 Å². The van der Waals surface area contributed by atoms with Gasteiger partial charge in [0.15, 0.2) is 0 Å². The summed E-state index contributed by atoms with van der Waals surface area (Å²) >= 11 is 7.32. The summed E-state index contributed by atoms with van der Waals surface area (Å²) in [5.74, 6) is -3.40. The van der Waals surface area contributed by atoms with Crippen molar-refractivity contribution < 1.29 is 23.1 Å². The number of hydrogen-bond donors (Lipinski definition) is 3. The molecule has 192 valence electrons. The first-order valence-corrected chi connectivity index (χ1v) is 12.8. The summed E-state index contributed by atoms with van der Waals surface area (Å²) in [6, 6.07) is 4.54. The molecule has 0 radical (unpaired) electrons. The molecule has 3 N–H and O–H groups in total. The Kier molecular flexibility index (Phi) is 9.82. The number of thiophene rings is 1. The van der Waals surface area contributed by atoms with Crippen molar-refractivity contribution in [2.24, 2.45) is 5.92 Å². The van der Waals surface area contributed by atoms with Crippen LogP contribution in [0.3, 0.4) is 0 Å². The third-order valence-electron chi connectivity index (χ3n) is 6.03. The second-order valence-corrected chi connectivity index (χ2v) is 10.4. The van der Waals surface area contributed by atoms with Crippen LogP contribution >= 0.6 is 22.9 Å². The summed E-state index contributed by atoms with van der Waals surface area (Å²) in [6.07, 6.45) is 2.19. The number of aromatic nitrogens is 1. The third-order valence-corrected chi connectivity index (χ3v) is 7.32. The Morgan fingerprint density at radius 2 is 2.06 bits per heavy atom. The maximum atomic E-state index is 13.5. The number of halogens is 3. The summed E-state index contributed by atoms with van der Waals surface area (Å²) in [7, 11) is 1.53. The smallest absolute Gasteiger partial charge is 0.262 e. The average molecular weight is 529 g/mol. The molecule has 1 aliphatic rings. The molecule has 1 saturated carbocycles. The van der Waals surface area contributed by atoms with Crippen molar-refractivity contribution in [3.8, 4) is 0 Å². The normalized spacial score (nSPS) is 16.5. The number of nitrogens with zero attached hydrogens (tertiary/aromatic N) is 1. The molecule has 0 spiro atoms. The molecule has 1 atom stereocenters. The number of carbonyl (C=O) groups is 2. The number of rotatable bonds is 11. The van der Waals surface area contributed by atoms with Crippen LogP contribution in [0.2, 0.25) is 5.02 Å². The molecule has 2 heterocycles. The predicted octanol–water partition coefficient (Wildman–Crippen LogP) is 4.79. The van der Waals surface area contributed by atoms with E-state index in [0.717, 1.165) is 16.3 Å². The molecule has 3 rings (SSSR count). The first-order valence-electron chi connectivity index (χ1n) is 11.6. The zero-order valence-corrected chi connectivity index (χ0v) is 21.4. The molecule has 1 fully saturated rings. The van der Waals surface area contributed by atoms with E-state index in [9.17, 15) is 18.4 Å². The number of alkyl halides is 2. The Balaban J connectivity index is 1.61. The Morgan fingerprint density at radius 1 is 1.31 bits per heavy atom. The Hall–Kier alpha value is -2.30. The van der Waals surface area contributed by atoms with E-state index in [1.807, 2.05) is 13.0 Å². The van der Waals surface area contributed by atoms with Gasteiger partial charge in [0.2, 0.25) is 11.8 Å². The highest BCUT2D eigenvalue weighted by atomic mass is 35.5. The number of hydrogen-bond acceptors (Lipinski definition) is 6. The van der Waals surface area contributed by atoms with Gasteiger partial charge in [-0.25, -0.2) is 8.78 Å². The van der Waals surface area contributed by atoms with Crippen molar-refractivity contribution >= 4 is 40.4 Å². The summed E-state index contributed by atoms with van der Waals surface area (Å²) in [4.78, 5) is 31.3. The van der Waals surface area contributed by atoms with Gasteiger partial charge in [0.1, 0.15) is 6.04 Å². The number of amides is 2. The Morgan fingerprint density at radius 3 is 2.77 bits per heavy atom. The highest BCUT2D eigenvalue weighted by molar-refractivity contribution is 7.14. The van der Waals surface area contributed by atoms with Gasteiger partial charge in [-0.2, -0.15) is 0 Å². The van der Waals surface area contributed by atoms with Crippen LogP contribution in [0.1, 0.15) is 52.3 Å². The van der Waals surface area contributed by atoms with Crippen LogP contribution in [-0.2, 0) is 16.1 Å². The lowest BCUT2D eigenvalue weighted by Gasteiger charge is -2.30. The van der Waals surface area contributed by atoms with E-state index in [1.165, 1.54) is 18.4 Å². The van der Waals surface area contributed by atoms with Crippen LogP contribution in [0.25, 0.3) is 0 Å². The summed E-state index contributed by atoms with van der Waals surface area (Å²) in [5.41, 5.74) is 1.62. The maximum Gasteiger partial charge on any atom is 0.262 e. The molecule has 2 aromatic heterocycles. The van der Waals surface area contributed by atoms with Gasteiger partial charge in [-0.1, -0.05) is 11.6 Å². The first-order chi connectivity index (χ1) is 16.7. The number of methoxy groups -OCH3 is 1. The van der Waals surface area contributed by atoms with Crippen molar-refractivity contribution in [1.82, 2.24) is 15.6 Å². The summed E-state index contributed by atoms with van der Waals surface area (Å²) in [5, 5.41) is 9.36. The van der Waals surface area contributed by atoms with Gasteiger partial charge < -0.3 is 20.7 Å². The zero-order valence-electron chi connectivity index (χ0n) is 19.8. The van der Waals surface area contributed by atoms with Crippen LogP contribution < -0.4 is 16.0 Å². The Labute approximate surface area is 213 Å². The van der Waals surface area contributed by atoms with Crippen molar-refractivity contribution in [2.45, 2.75) is 57.5 Å². The number of pyridine rings is 1. The van der Waals surface area contributed by atoms with Crippen LogP contribution in [0.15, 0.2) is 24.4 Å². The second kappa shape index (κ2) is 12.6. The van der Waals surface area contributed by atoms with Gasteiger partial charge >= 0.3 is 0 Å². The van der Waals surface area contributed by atoms with E-state index in [2.05, 4.69) is 20.9 Å². The van der Waals surface area contributed by atoms with Crippen LogP contribution in [-0.4, -0.2) is 49.0 Å². The minimum Gasteiger partial charge on any atom is -0.383 e. The van der Waals surface area contributed by atoms with E-state index in [4.69, 9.17) is 16.3 Å². The largest absolute Gasteiger partial charge is 0.383 e. The van der Waals surface area contributed by atoms with Crippen molar-refractivity contribution in [2.75, 3.05) is 25.6 Å². The average Bonchev–Trinajstić information content (AvgIpc) is 3.30. The first kappa shape index (κ1) is 27.3. The SMILES string of the molecule is COCCNC(=O)C(CC1CCC(F)(F)CC1)NC(=O)c1ccc(CNc2cc(Cl)cnc2C)s1. The second-order valence-electron chi connectivity index (χ2n) is 8.75. The molecular weight excluding hydrogens is 498 g/mol. The lowest BCUT2D eigenvalue weighted by molar-refractivity contribution is -0.123. The lowest BCUT2D eigenvalue weighted by atomic mass is 9.82. The monoisotopic (exact) mass is 528 g/mol. The predicted molar refractivity (Wildman–Crippen MR) is 133 cm³/mol. The van der Waals surface area contributed by atoms with E-state index >= 15 is 0 Å². The number of aryl methyl sites for hydroxylation is 1. The molecule has 35 heavy (non-hydrogen) atoms. The summed E-state index contributed by atoms with van der Waals surface area (Å²) in [6.45, 7) is 3.00. The molecule has 2 aromatic rings. The molecule has 7 nitrogen and oxygen atoms in total. The quantitative estimate of drug-likeness (QED) is 0.365. The van der Waals surface area contributed by atoms with E-state index in [0.29, 0.717) is 48.9 Å². The van der Waals surface area contributed by atoms with Gasteiger partial charge in [0.05, 0.1) is 27.9 Å². The fourth-order valence-corrected chi connectivity index (χ4v) is 5.00. The minimum atomic E-state index is -2.64. The molecule has 0 aromatic carbocycles. The fourth-order valence-electron chi connectivity index (χ4n) is 3.99. The number of anilines is 1.